The fourth-order valence-corrected chi connectivity index (χ4v) is 3.72. The highest BCUT2D eigenvalue weighted by Crippen LogP contribution is 2.31. The number of nitrogen functional groups attached to an aromatic ring is 1. The second-order valence-electron chi connectivity index (χ2n) is 6.93. The molecule has 0 bridgehead atoms. The highest BCUT2D eigenvalue weighted by atomic mass is 16.2. The average molecular weight is 376 g/mol. The molecule has 0 saturated carbocycles. The number of nitrogens with zero attached hydrogens (tertiary/aromatic N) is 3. The van der Waals surface area contributed by atoms with Crippen molar-refractivity contribution >= 4 is 28.8 Å². The van der Waals surface area contributed by atoms with E-state index in [1.54, 1.807) is 6.07 Å². The molecule has 2 aromatic carbocycles. The number of aliphatic imine (C=N–C) groups is 1. The third-order valence-corrected chi connectivity index (χ3v) is 5.14. The lowest BCUT2D eigenvalue weighted by Crippen LogP contribution is -2.49. The van der Waals surface area contributed by atoms with Crippen molar-refractivity contribution in [3.8, 4) is 0 Å². The molecule has 0 unspecified atom stereocenters. The van der Waals surface area contributed by atoms with Crippen LogP contribution in [-0.2, 0) is 0 Å². The lowest BCUT2D eigenvalue weighted by molar-refractivity contribution is 0.0953. The van der Waals surface area contributed by atoms with Crippen molar-refractivity contribution in [3.05, 3.63) is 66.2 Å². The van der Waals surface area contributed by atoms with Crippen molar-refractivity contribution in [1.82, 2.24) is 15.6 Å². The molecule has 4 rings (SSSR count). The summed E-state index contributed by atoms with van der Waals surface area (Å²) in [6, 6.07) is 15.9. The van der Waals surface area contributed by atoms with Crippen molar-refractivity contribution in [2.75, 3.05) is 37.6 Å². The summed E-state index contributed by atoms with van der Waals surface area (Å²) in [5.74, 6) is 5.78. The number of fused-ring (bicyclic) bond motifs is 1. The quantitative estimate of drug-likeness (QED) is 0.430. The maximum absolute atomic E-state index is 12.0. The van der Waals surface area contributed by atoms with Gasteiger partial charge in [-0.2, -0.15) is 0 Å². The fraction of sp³-hybridized carbons (Fsp3) is 0.238. The van der Waals surface area contributed by atoms with Crippen LogP contribution in [0.25, 0.3) is 5.70 Å². The normalized spacial score (nSPS) is 16.8. The SMILES string of the molecule is C=C1NC(CN2CCN(c3ccccc3)CC2)=Nc2cccc(C(=O)NN)c21. The fourth-order valence-electron chi connectivity index (χ4n) is 3.72. The largest absolute Gasteiger partial charge is 0.369 e. The predicted octanol–water partition coefficient (Wildman–Crippen LogP) is 1.72. The van der Waals surface area contributed by atoms with Crippen LogP contribution in [-0.4, -0.2) is 49.4 Å². The van der Waals surface area contributed by atoms with Crippen LogP contribution in [0, 0.1) is 0 Å². The molecule has 0 aromatic heterocycles. The van der Waals surface area contributed by atoms with Gasteiger partial charge < -0.3 is 10.2 Å². The molecule has 2 aromatic rings. The zero-order valence-corrected chi connectivity index (χ0v) is 15.7. The van der Waals surface area contributed by atoms with Crippen LogP contribution in [0.15, 0.2) is 60.1 Å². The molecule has 144 valence electrons. The summed E-state index contributed by atoms with van der Waals surface area (Å²) < 4.78 is 0. The minimum absolute atomic E-state index is 0.351. The number of piperazine rings is 1. The monoisotopic (exact) mass is 376 g/mol. The van der Waals surface area contributed by atoms with Crippen LogP contribution in [0.2, 0.25) is 0 Å². The van der Waals surface area contributed by atoms with E-state index < -0.39 is 0 Å². The Hall–Kier alpha value is -3.16. The van der Waals surface area contributed by atoms with Gasteiger partial charge >= 0.3 is 0 Å². The number of amidine groups is 1. The van der Waals surface area contributed by atoms with Gasteiger partial charge in [0.1, 0.15) is 5.84 Å². The van der Waals surface area contributed by atoms with Gasteiger partial charge in [0.05, 0.1) is 17.8 Å². The number of para-hydroxylation sites is 1. The van der Waals surface area contributed by atoms with E-state index >= 15 is 0 Å². The number of nitrogens with two attached hydrogens (primary N) is 1. The number of anilines is 1. The van der Waals surface area contributed by atoms with Gasteiger partial charge in [-0.15, -0.1) is 0 Å². The first kappa shape index (κ1) is 18.2. The Morgan fingerprint density at radius 1 is 1.11 bits per heavy atom. The first-order valence-corrected chi connectivity index (χ1v) is 9.36. The first-order chi connectivity index (χ1) is 13.7. The van der Waals surface area contributed by atoms with E-state index in [0.717, 1.165) is 37.7 Å². The molecule has 7 nitrogen and oxygen atoms in total. The molecule has 2 heterocycles. The number of carbonyl (C=O) groups excluding carboxylic acids is 1. The molecule has 2 aliphatic rings. The Morgan fingerprint density at radius 2 is 1.86 bits per heavy atom. The maximum Gasteiger partial charge on any atom is 0.265 e. The average Bonchev–Trinajstić information content (AvgIpc) is 2.74. The Balaban J connectivity index is 1.45. The molecular weight excluding hydrogens is 352 g/mol. The van der Waals surface area contributed by atoms with Crippen LogP contribution in [0.1, 0.15) is 15.9 Å². The number of carbonyl (C=O) groups is 1. The molecule has 1 fully saturated rings. The summed E-state index contributed by atoms with van der Waals surface area (Å²) >= 11 is 0. The van der Waals surface area contributed by atoms with Gasteiger partial charge in [-0.3, -0.25) is 15.1 Å². The van der Waals surface area contributed by atoms with Crippen LogP contribution < -0.4 is 21.5 Å². The van der Waals surface area contributed by atoms with Crippen LogP contribution >= 0.6 is 0 Å². The number of rotatable bonds is 4. The van der Waals surface area contributed by atoms with Crippen molar-refractivity contribution in [3.63, 3.8) is 0 Å². The number of hydrazine groups is 1. The van der Waals surface area contributed by atoms with E-state index in [1.165, 1.54) is 5.69 Å². The molecule has 0 radical (unpaired) electrons. The topological polar surface area (TPSA) is 86.0 Å². The van der Waals surface area contributed by atoms with Gasteiger partial charge in [0, 0.05) is 43.1 Å². The standard InChI is InChI=1S/C21H24N6O/c1-15-20-17(21(28)25-22)8-5-9-18(20)24-19(23-15)14-26-10-12-27(13-11-26)16-6-3-2-4-7-16/h2-9H,1,10-14,22H2,(H,23,24)(H,25,28). The highest BCUT2D eigenvalue weighted by molar-refractivity contribution is 6.06. The number of nitrogens with one attached hydrogen (secondary N) is 2. The lowest BCUT2D eigenvalue weighted by atomic mass is 10.0. The summed E-state index contributed by atoms with van der Waals surface area (Å²) in [7, 11) is 0. The molecule has 1 amide bonds. The molecule has 1 saturated heterocycles. The number of hydrogen-bond acceptors (Lipinski definition) is 6. The summed E-state index contributed by atoms with van der Waals surface area (Å²) in [5.41, 5.74) is 6.02. The van der Waals surface area contributed by atoms with Gasteiger partial charge in [0.2, 0.25) is 0 Å². The van der Waals surface area contributed by atoms with Crippen molar-refractivity contribution in [1.29, 1.82) is 0 Å². The summed E-state index contributed by atoms with van der Waals surface area (Å²) in [6.45, 7) is 8.69. The molecule has 2 aliphatic heterocycles. The minimum Gasteiger partial charge on any atom is -0.369 e. The predicted molar refractivity (Wildman–Crippen MR) is 112 cm³/mol. The van der Waals surface area contributed by atoms with Crippen LogP contribution in [0.3, 0.4) is 0 Å². The van der Waals surface area contributed by atoms with Crippen molar-refractivity contribution in [2.24, 2.45) is 10.8 Å². The summed E-state index contributed by atoms with van der Waals surface area (Å²) in [5, 5.41) is 3.26. The second-order valence-corrected chi connectivity index (χ2v) is 6.93. The van der Waals surface area contributed by atoms with Gasteiger partial charge in [-0.1, -0.05) is 30.8 Å². The maximum atomic E-state index is 12.0. The zero-order chi connectivity index (χ0) is 19.5. The first-order valence-electron chi connectivity index (χ1n) is 9.36. The van der Waals surface area contributed by atoms with Gasteiger partial charge in [0.25, 0.3) is 5.91 Å². The molecule has 0 spiro atoms. The number of hydrogen-bond donors (Lipinski definition) is 3. The minimum atomic E-state index is -0.351. The summed E-state index contributed by atoms with van der Waals surface area (Å²) in [4.78, 5) is 21.5. The number of benzene rings is 2. The van der Waals surface area contributed by atoms with E-state index in [9.17, 15) is 4.79 Å². The van der Waals surface area contributed by atoms with Crippen molar-refractivity contribution < 1.29 is 4.79 Å². The van der Waals surface area contributed by atoms with E-state index in [1.807, 2.05) is 18.2 Å². The molecule has 0 atom stereocenters. The Kier molecular flexibility index (Phi) is 5.10. The molecule has 28 heavy (non-hydrogen) atoms. The summed E-state index contributed by atoms with van der Waals surface area (Å²) in [6.07, 6.45) is 0. The van der Waals surface area contributed by atoms with Gasteiger partial charge in [-0.25, -0.2) is 10.8 Å². The second kappa shape index (κ2) is 7.84. The van der Waals surface area contributed by atoms with E-state index in [0.29, 0.717) is 23.4 Å². The van der Waals surface area contributed by atoms with Crippen molar-refractivity contribution in [2.45, 2.75) is 0 Å². The molecule has 7 heteroatoms. The smallest absolute Gasteiger partial charge is 0.265 e. The van der Waals surface area contributed by atoms with Crippen LogP contribution in [0.5, 0.6) is 0 Å². The zero-order valence-electron chi connectivity index (χ0n) is 15.7. The third kappa shape index (κ3) is 3.62. The Bertz CT molecular complexity index is 916. The molecular formula is C21H24N6O. The van der Waals surface area contributed by atoms with Crippen LogP contribution in [0.4, 0.5) is 11.4 Å². The van der Waals surface area contributed by atoms with E-state index in [-0.39, 0.29) is 5.91 Å². The van der Waals surface area contributed by atoms with Gasteiger partial charge in [-0.05, 0) is 24.3 Å². The van der Waals surface area contributed by atoms with E-state index in [4.69, 9.17) is 10.8 Å². The molecule has 0 aliphatic carbocycles. The Labute approximate surface area is 164 Å². The van der Waals surface area contributed by atoms with Gasteiger partial charge in [0.15, 0.2) is 0 Å². The lowest BCUT2D eigenvalue weighted by Gasteiger charge is -2.36. The third-order valence-electron chi connectivity index (χ3n) is 5.14. The Morgan fingerprint density at radius 3 is 2.57 bits per heavy atom. The van der Waals surface area contributed by atoms with E-state index in [2.05, 4.69) is 51.4 Å². The molecule has 4 N–H and O–H groups in total. The number of amides is 1. The highest BCUT2D eigenvalue weighted by Gasteiger charge is 2.24.